The van der Waals surface area contributed by atoms with E-state index in [-0.39, 0.29) is 5.97 Å². The lowest BCUT2D eigenvalue weighted by molar-refractivity contribution is -0.140. The molecule has 0 saturated heterocycles. The number of hydrogen-bond donors (Lipinski definition) is 0. The summed E-state index contributed by atoms with van der Waals surface area (Å²) in [5.41, 5.74) is 1.12. The molecule has 0 aliphatic carbocycles. The Morgan fingerprint density at radius 2 is 1.29 bits per heavy atom. The SMILES string of the molecule is CCO[Si](OCC)C(C)(CC)C(=O)O[Si](C(C)C)(C(C)C)C(C)C. The smallest absolute Gasteiger partial charge is 0.402 e. The molecular weight excluding hydrogens is 336 g/mol. The number of carbonyl (C=O) groups excluding carboxylic acids is 1. The zero-order valence-corrected chi connectivity index (χ0v) is 19.5. The van der Waals surface area contributed by atoms with Crippen LogP contribution in [0.25, 0.3) is 0 Å². The molecule has 0 aliphatic heterocycles. The Bertz CT molecular complexity index is 357. The summed E-state index contributed by atoms with van der Waals surface area (Å²) in [6.07, 6.45) is 0.666. The lowest BCUT2D eigenvalue weighted by atomic mass is 10.1. The topological polar surface area (TPSA) is 44.8 Å². The minimum Gasteiger partial charge on any atom is -0.518 e. The number of rotatable bonds is 11. The van der Waals surface area contributed by atoms with Gasteiger partial charge < -0.3 is 13.3 Å². The number of carbonyl (C=O) groups is 1. The standard InChI is InChI=1S/C18H39O4Si2/c1-11-18(10,23(20-12-2)21-13-3)17(19)22-24(14(4)5,15(6)7)16(8)9/h14-16H,11-13H2,1-10H3. The second-order valence-electron chi connectivity index (χ2n) is 7.55. The lowest BCUT2D eigenvalue weighted by Gasteiger charge is -2.44. The molecule has 1 radical (unpaired) electrons. The van der Waals surface area contributed by atoms with Gasteiger partial charge in [-0.3, -0.25) is 4.79 Å². The van der Waals surface area contributed by atoms with Crippen molar-refractivity contribution in [1.82, 2.24) is 0 Å². The molecule has 0 aromatic carbocycles. The second-order valence-corrected chi connectivity index (χ2v) is 15.2. The predicted octanol–water partition coefficient (Wildman–Crippen LogP) is 5.44. The van der Waals surface area contributed by atoms with Crippen molar-refractivity contribution in [3.05, 3.63) is 0 Å². The van der Waals surface area contributed by atoms with E-state index in [1.807, 2.05) is 27.7 Å². The van der Waals surface area contributed by atoms with E-state index >= 15 is 0 Å². The van der Waals surface area contributed by atoms with E-state index in [2.05, 4.69) is 41.5 Å². The van der Waals surface area contributed by atoms with Crippen LogP contribution in [-0.4, -0.2) is 36.8 Å². The first-order chi connectivity index (χ1) is 11.0. The monoisotopic (exact) mass is 375 g/mol. The molecule has 0 N–H and O–H groups in total. The fourth-order valence-electron chi connectivity index (χ4n) is 3.62. The Kier molecular flexibility index (Phi) is 10.0. The molecule has 4 nitrogen and oxygen atoms in total. The minimum atomic E-state index is -2.25. The largest absolute Gasteiger partial charge is 0.518 e. The van der Waals surface area contributed by atoms with Crippen molar-refractivity contribution in [3.63, 3.8) is 0 Å². The van der Waals surface area contributed by atoms with Gasteiger partial charge in [-0.2, -0.15) is 0 Å². The van der Waals surface area contributed by atoms with Crippen LogP contribution in [0.1, 0.15) is 75.7 Å². The molecule has 1 unspecified atom stereocenters. The van der Waals surface area contributed by atoms with E-state index < -0.39 is 22.6 Å². The first kappa shape index (κ1) is 23.8. The van der Waals surface area contributed by atoms with Gasteiger partial charge >= 0.3 is 9.28 Å². The van der Waals surface area contributed by atoms with Crippen molar-refractivity contribution in [1.29, 1.82) is 0 Å². The summed E-state index contributed by atoms with van der Waals surface area (Å²) < 4.78 is 18.1. The highest BCUT2D eigenvalue weighted by Gasteiger charge is 2.54. The quantitative estimate of drug-likeness (QED) is 0.451. The highest BCUT2D eigenvalue weighted by atomic mass is 28.4. The Labute approximate surface area is 152 Å². The van der Waals surface area contributed by atoms with Crippen molar-refractivity contribution in [3.8, 4) is 0 Å². The molecule has 0 heterocycles. The van der Waals surface area contributed by atoms with Crippen LogP contribution < -0.4 is 0 Å². The summed E-state index contributed by atoms with van der Waals surface area (Å²) in [5.74, 6) is -0.122. The van der Waals surface area contributed by atoms with Crippen LogP contribution in [0.4, 0.5) is 0 Å². The molecule has 24 heavy (non-hydrogen) atoms. The molecule has 143 valence electrons. The average Bonchev–Trinajstić information content (AvgIpc) is 2.50. The van der Waals surface area contributed by atoms with Crippen molar-refractivity contribution < 1.29 is 18.1 Å². The van der Waals surface area contributed by atoms with Crippen LogP contribution >= 0.6 is 0 Å². The van der Waals surface area contributed by atoms with E-state index in [0.29, 0.717) is 36.3 Å². The minimum absolute atomic E-state index is 0.122. The molecule has 6 heteroatoms. The molecule has 0 aromatic heterocycles. The molecule has 0 saturated carbocycles. The normalized spacial score (nSPS) is 15.4. The van der Waals surface area contributed by atoms with Crippen LogP contribution in [-0.2, 0) is 18.1 Å². The Hall–Kier alpha value is -0.176. The third-order valence-electron chi connectivity index (χ3n) is 5.14. The van der Waals surface area contributed by atoms with Gasteiger partial charge in [-0.25, -0.2) is 0 Å². The third kappa shape index (κ3) is 4.93. The van der Waals surface area contributed by atoms with Crippen molar-refractivity contribution in [2.75, 3.05) is 13.2 Å². The van der Waals surface area contributed by atoms with E-state index in [4.69, 9.17) is 13.3 Å². The molecule has 0 rings (SSSR count). The van der Waals surface area contributed by atoms with Gasteiger partial charge in [-0.1, -0.05) is 48.5 Å². The summed E-state index contributed by atoms with van der Waals surface area (Å²) in [4.78, 5) is 13.3. The maximum atomic E-state index is 13.3. The van der Waals surface area contributed by atoms with Crippen LogP contribution in [0.5, 0.6) is 0 Å². The summed E-state index contributed by atoms with van der Waals surface area (Å²) >= 11 is 0. The third-order valence-corrected chi connectivity index (χ3v) is 13.6. The van der Waals surface area contributed by atoms with Gasteiger partial charge in [-0.05, 0) is 43.8 Å². The number of hydrogen-bond acceptors (Lipinski definition) is 4. The van der Waals surface area contributed by atoms with Gasteiger partial charge in [0.2, 0.25) is 0 Å². The van der Waals surface area contributed by atoms with Gasteiger partial charge in [0, 0.05) is 13.2 Å². The summed E-state index contributed by atoms with van der Waals surface area (Å²) in [7, 11) is -3.99. The van der Waals surface area contributed by atoms with E-state index in [0.717, 1.165) is 0 Å². The molecule has 1 atom stereocenters. The second kappa shape index (κ2) is 10.1. The molecule has 0 amide bonds. The fourth-order valence-corrected chi connectivity index (χ4v) is 10.7. The Morgan fingerprint density at radius 1 is 0.917 bits per heavy atom. The van der Waals surface area contributed by atoms with Crippen LogP contribution in [0.15, 0.2) is 0 Å². The molecule has 0 fully saturated rings. The lowest BCUT2D eigenvalue weighted by Crippen LogP contribution is -2.53. The molecule has 0 spiro atoms. The van der Waals surface area contributed by atoms with Gasteiger partial charge in [-0.15, -0.1) is 0 Å². The van der Waals surface area contributed by atoms with Gasteiger partial charge in [0.15, 0.2) is 0 Å². The maximum absolute atomic E-state index is 13.3. The first-order valence-electron chi connectivity index (χ1n) is 9.40. The molecule has 0 aromatic rings. The van der Waals surface area contributed by atoms with E-state index in [1.165, 1.54) is 0 Å². The van der Waals surface area contributed by atoms with E-state index in [9.17, 15) is 4.79 Å². The first-order valence-corrected chi connectivity index (χ1v) is 12.9. The van der Waals surface area contributed by atoms with Crippen molar-refractivity contribution in [2.24, 2.45) is 0 Å². The molecule has 0 bridgehead atoms. The molecule has 0 aliphatic rings. The van der Waals surface area contributed by atoms with Crippen molar-refractivity contribution >= 4 is 23.6 Å². The summed E-state index contributed by atoms with van der Waals surface area (Å²) in [5, 5.41) is -0.687. The predicted molar refractivity (Wildman–Crippen MR) is 105 cm³/mol. The zero-order valence-electron chi connectivity index (χ0n) is 17.5. The van der Waals surface area contributed by atoms with Crippen LogP contribution in [0.3, 0.4) is 0 Å². The Balaban J connectivity index is 5.74. The summed E-state index contributed by atoms with van der Waals surface area (Å²) in [6.45, 7) is 22.1. The van der Waals surface area contributed by atoms with Gasteiger partial charge in [0.25, 0.3) is 14.3 Å². The maximum Gasteiger partial charge on any atom is 0.402 e. The highest BCUT2D eigenvalue weighted by Crippen LogP contribution is 2.46. The van der Waals surface area contributed by atoms with E-state index in [1.54, 1.807) is 0 Å². The summed E-state index contributed by atoms with van der Waals surface area (Å²) in [6, 6.07) is 0. The zero-order chi connectivity index (χ0) is 19.1. The highest BCUT2D eigenvalue weighted by molar-refractivity contribution is 6.79. The van der Waals surface area contributed by atoms with Crippen LogP contribution in [0, 0.1) is 0 Å². The molecular formula is C18H39O4Si2. The Morgan fingerprint density at radius 3 is 1.54 bits per heavy atom. The van der Waals surface area contributed by atoms with Gasteiger partial charge in [0.1, 0.15) is 5.04 Å². The fraction of sp³-hybridized carbons (Fsp3) is 0.944. The van der Waals surface area contributed by atoms with Crippen LogP contribution in [0.2, 0.25) is 21.7 Å². The van der Waals surface area contributed by atoms with Crippen molar-refractivity contribution in [2.45, 2.75) is 97.3 Å². The van der Waals surface area contributed by atoms with Gasteiger partial charge in [0.05, 0.1) is 0 Å². The average molecular weight is 376 g/mol.